The first-order chi connectivity index (χ1) is 12.9. The molecule has 9 heteroatoms. The van der Waals surface area contributed by atoms with Gasteiger partial charge >= 0.3 is 5.97 Å². The minimum atomic E-state index is -0.631. The van der Waals surface area contributed by atoms with Gasteiger partial charge in [-0.25, -0.2) is 0 Å². The number of hydrogen-bond acceptors (Lipinski definition) is 6. The van der Waals surface area contributed by atoms with Crippen molar-refractivity contribution in [2.75, 3.05) is 13.2 Å². The monoisotopic (exact) mass is 469 g/mol. The number of imide groups is 1. The van der Waals surface area contributed by atoms with Crippen molar-refractivity contribution in [3.8, 4) is 11.3 Å². The number of carbonyl (C=O) groups excluding carboxylic acids is 3. The smallest absolute Gasteiger partial charge is 0.326 e. The van der Waals surface area contributed by atoms with Gasteiger partial charge in [0.2, 0.25) is 0 Å². The van der Waals surface area contributed by atoms with E-state index in [1.165, 1.54) is 6.08 Å². The molecule has 2 amide bonds. The van der Waals surface area contributed by atoms with Crippen LogP contribution in [0, 0.1) is 0 Å². The molecule has 0 N–H and O–H groups in total. The fraction of sp³-hybridized carbons (Fsp3) is 0.167. The molecule has 2 heterocycles. The van der Waals surface area contributed by atoms with Crippen molar-refractivity contribution in [2.45, 2.75) is 6.92 Å². The SMILES string of the molecule is CCOC(=O)CN1C(=O)S/C(=C\c2ccc(-c3ccc(Br)c(Cl)c3)o2)C1=O. The minimum Gasteiger partial charge on any atom is -0.465 e. The second kappa shape index (κ2) is 8.33. The average Bonchev–Trinajstić information content (AvgIpc) is 3.18. The molecule has 0 unspecified atom stereocenters. The summed E-state index contributed by atoms with van der Waals surface area (Å²) in [6, 6.07) is 8.83. The quantitative estimate of drug-likeness (QED) is 0.454. The van der Waals surface area contributed by atoms with E-state index in [4.69, 9.17) is 20.8 Å². The van der Waals surface area contributed by atoms with Gasteiger partial charge in [0.15, 0.2) is 0 Å². The van der Waals surface area contributed by atoms with E-state index < -0.39 is 23.7 Å². The van der Waals surface area contributed by atoms with Crippen LogP contribution in [0.2, 0.25) is 5.02 Å². The molecule has 2 aromatic rings. The maximum Gasteiger partial charge on any atom is 0.326 e. The summed E-state index contributed by atoms with van der Waals surface area (Å²) in [6.45, 7) is 1.43. The predicted molar refractivity (Wildman–Crippen MR) is 106 cm³/mol. The van der Waals surface area contributed by atoms with Crippen LogP contribution < -0.4 is 0 Å². The third-order valence-electron chi connectivity index (χ3n) is 3.57. The van der Waals surface area contributed by atoms with Crippen molar-refractivity contribution < 1.29 is 23.5 Å². The van der Waals surface area contributed by atoms with Gasteiger partial charge in [0.25, 0.3) is 11.1 Å². The highest BCUT2D eigenvalue weighted by Crippen LogP contribution is 2.34. The number of carbonyl (C=O) groups is 3. The lowest BCUT2D eigenvalue weighted by Gasteiger charge is -2.10. The number of furan rings is 1. The first-order valence-electron chi connectivity index (χ1n) is 7.85. The highest BCUT2D eigenvalue weighted by Gasteiger charge is 2.36. The van der Waals surface area contributed by atoms with Crippen LogP contribution in [0.25, 0.3) is 17.4 Å². The summed E-state index contributed by atoms with van der Waals surface area (Å²) < 4.78 is 11.3. The Kier molecular flexibility index (Phi) is 6.08. The van der Waals surface area contributed by atoms with E-state index >= 15 is 0 Å². The number of nitrogens with zero attached hydrogens (tertiary/aromatic N) is 1. The molecule has 140 valence electrons. The Hall–Kier alpha value is -2.03. The number of esters is 1. The van der Waals surface area contributed by atoms with Gasteiger partial charge < -0.3 is 9.15 Å². The van der Waals surface area contributed by atoms with Gasteiger partial charge in [0, 0.05) is 16.1 Å². The Bertz CT molecular complexity index is 955. The van der Waals surface area contributed by atoms with Gasteiger partial charge in [-0.2, -0.15) is 0 Å². The van der Waals surface area contributed by atoms with Gasteiger partial charge in [-0.1, -0.05) is 17.7 Å². The average molecular weight is 471 g/mol. The van der Waals surface area contributed by atoms with E-state index in [9.17, 15) is 14.4 Å². The number of halogens is 2. The van der Waals surface area contributed by atoms with Crippen molar-refractivity contribution in [1.29, 1.82) is 0 Å². The molecule has 0 spiro atoms. The molecule has 3 rings (SSSR count). The van der Waals surface area contributed by atoms with E-state index in [1.807, 2.05) is 6.07 Å². The van der Waals surface area contributed by atoms with Gasteiger partial charge in [-0.3, -0.25) is 19.3 Å². The topological polar surface area (TPSA) is 76.8 Å². The summed E-state index contributed by atoms with van der Waals surface area (Å²) in [4.78, 5) is 36.9. The van der Waals surface area contributed by atoms with E-state index in [2.05, 4.69) is 15.9 Å². The Morgan fingerprint density at radius 3 is 2.81 bits per heavy atom. The van der Waals surface area contributed by atoms with Gasteiger partial charge in [-0.15, -0.1) is 0 Å². The van der Waals surface area contributed by atoms with Crippen LogP contribution in [-0.4, -0.2) is 35.2 Å². The summed E-state index contributed by atoms with van der Waals surface area (Å²) in [5.41, 5.74) is 0.776. The lowest BCUT2D eigenvalue weighted by Crippen LogP contribution is -2.34. The summed E-state index contributed by atoms with van der Waals surface area (Å²) in [5, 5.41) is 0.0244. The van der Waals surface area contributed by atoms with Gasteiger partial charge in [-0.05, 0) is 58.9 Å². The largest absolute Gasteiger partial charge is 0.465 e. The molecular formula is C18H13BrClNO5S. The van der Waals surface area contributed by atoms with E-state index in [-0.39, 0.29) is 11.5 Å². The summed E-state index contributed by atoms with van der Waals surface area (Å²) in [5.74, 6) is -0.205. The van der Waals surface area contributed by atoms with Crippen molar-refractivity contribution in [2.24, 2.45) is 0 Å². The molecule has 0 bridgehead atoms. The minimum absolute atomic E-state index is 0.180. The Balaban J connectivity index is 1.78. The fourth-order valence-electron chi connectivity index (χ4n) is 2.34. The molecule has 6 nitrogen and oxygen atoms in total. The zero-order chi connectivity index (χ0) is 19.6. The zero-order valence-corrected chi connectivity index (χ0v) is 17.2. The Labute approximate surface area is 172 Å². The number of rotatable bonds is 5. The maximum absolute atomic E-state index is 12.4. The first kappa shape index (κ1) is 19.7. The van der Waals surface area contributed by atoms with Crippen molar-refractivity contribution in [3.05, 3.63) is 50.5 Å². The molecular weight excluding hydrogens is 458 g/mol. The van der Waals surface area contributed by atoms with Gasteiger partial charge in [0.05, 0.1) is 16.5 Å². The molecule has 0 saturated carbocycles. The standard InChI is InChI=1S/C18H13BrClNO5S/c1-2-25-16(22)9-21-17(23)15(27-18(21)24)8-11-4-6-14(26-11)10-3-5-12(19)13(20)7-10/h3-8H,2,9H2,1H3/b15-8-. The molecule has 1 aromatic heterocycles. The summed E-state index contributed by atoms with van der Waals surface area (Å²) in [7, 11) is 0. The summed E-state index contributed by atoms with van der Waals surface area (Å²) in [6.07, 6.45) is 1.47. The number of amides is 2. The second-order valence-electron chi connectivity index (χ2n) is 5.40. The molecule has 0 aliphatic carbocycles. The van der Waals surface area contributed by atoms with Crippen LogP contribution >= 0.6 is 39.3 Å². The molecule has 27 heavy (non-hydrogen) atoms. The second-order valence-corrected chi connectivity index (χ2v) is 7.66. The highest BCUT2D eigenvalue weighted by molar-refractivity contribution is 9.10. The van der Waals surface area contributed by atoms with E-state index in [1.54, 1.807) is 31.2 Å². The molecule has 0 radical (unpaired) electrons. The van der Waals surface area contributed by atoms with E-state index in [0.29, 0.717) is 16.5 Å². The summed E-state index contributed by atoms with van der Waals surface area (Å²) >= 11 is 10.2. The number of ether oxygens (including phenoxy) is 1. The maximum atomic E-state index is 12.4. The van der Waals surface area contributed by atoms with Crippen LogP contribution in [0.3, 0.4) is 0 Å². The molecule has 1 fully saturated rings. The van der Waals surface area contributed by atoms with Crippen LogP contribution in [-0.2, 0) is 14.3 Å². The first-order valence-corrected chi connectivity index (χ1v) is 9.84. The normalized spacial score (nSPS) is 15.7. The zero-order valence-electron chi connectivity index (χ0n) is 14.0. The lowest BCUT2D eigenvalue weighted by atomic mass is 10.2. The molecule has 1 aliphatic heterocycles. The Morgan fingerprint density at radius 1 is 1.33 bits per heavy atom. The molecule has 0 atom stereocenters. The third-order valence-corrected chi connectivity index (χ3v) is 5.71. The number of benzene rings is 1. The third kappa shape index (κ3) is 4.45. The van der Waals surface area contributed by atoms with Crippen LogP contribution in [0.1, 0.15) is 12.7 Å². The van der Waals surface area contributed by atoms with Crippen LogP contribution in [0.15, 0.2) is 44.1 Å². The highest BCUT2D eigenvalue weighted by atomic mass is 79.9. The van der Waals surface area contributed by atoms with Crippen LogP contribution in [0.4, 0.5) is 4.79 Å². The number of hydrogen-bond donors (Lipinski definition) is 0. The predicted octanol–water partition coefficient (Wildman–Crippen LogP) is 4.96. The molecule has 1 saturated heterocycles. The van der Waals surface area contributed by atoms with Crippen LogP contribution in [0.5, 0.6) is 0 Å². The van der Waals surface area contributed by atoms with E-state index in [0.717, 1.165) is 26.7 Å². The number of thioether (sulfide) groups is 1. The lowest BCUT2D eigenvalue weighted by molar-refractivity contribution is -0.145. The van der Waals surface area contributed by atoms with Crippen molar-refractivity contribution >= 4 is 62.5 Å². The van der Waals surface area contributed by atoms with Gasteiger partial charge in [0.1, 0.15) is 18.1 Å². The van der Waals surface area contributed by atoms with Crippen molar-refractivity contribution in [1.82, 2.24) is 4.90 Å². The Morgan fingerprint density at radius 2 is 2.11 bits per heavy atom. The fourth-order valence-corrected chi connectivity index (χ4v) is 3.58. The molecule has 1 aliphatic rings. The van der Waals surface area contributed by atoms with Crippen molar-refractivity contribution in [3.63, 3.8) is 0 Å². The molecule has 1 aromatic carbocycles.